The number of aryl methyl sites for hydroxylation is 1. The summed E-state index contributed by atoms with van der Waals surface area (Å²) in [7, 11) is 0. The van der Waals surface area contributed by atoms with Gasteiger partial charge in [-0.2, -0.15) is 0 Å². The molecule has 4 heteroatoms. The van der Waals surface area contributed by atoms with Crippen LogP contribution in [0.5, 0.6) is 0 Å². The van der Waals surface area contributed by atoms with E-state index >= 15 is 0 Å². The fourth-order valence-electron chi connectivity index (χ4n) is 2.98. The van der Waals surface area contributed by atoms with Crippen LogP contribution in [0, 0.1) is 5.92 Å². The molecule has 0 spiro atoms. The first-order valence-corrected chi connectivity index (χ1v) is 7.74. The molecular formula is C17H27ClN2O. The van der Waals surface area contributed by atoms with E-state index in [4.69, 9.17) is 5.73 Å². The molecule has 1 fully saturated rings. The fourth-order valence-corrected chi connectivity index (χ4v) is 2.98. The molecule has 3 N–H and O–H groups in total. The molecular weight excluding hydrogens is 284 g/mol. The van der Waals surface area contributed by atoms with E-state index in [1.807, 2.05) is 6.92 Å². The standard InChI is InChI=1S/C17H26N2O.ClH/c1-3-13-7-9-14(10-8-13)12(2)19-17(20)11-15-5-4-6-16(15)18;/h7-10,12,15-16H,3-6,11,18H2,1-2H3,(H,19,20);1H/t12?,15-,16+;/m0./s1. The number of benzene rings is 1. The lowest BCUT2D eigenvalue weighted by Gasteiger charge is -2.18. The molecule has 3 nitrogen and oxygen atoms in total. The molecule has 0 aromatic heterocycles. The fraction of sp³-hybridized carbons (Fsp3) is 0.588. The third kappa shape index (κ3) is 5.01. The molecule has 0 heterocycles. The summed E-state index contributed by atoms with van der Waals surface area (Å²) in [6.07, 6.45) is 4.92. The Morgan fingerprint density at radius 2 is 2.00 bits per heavy atom. The van der Waals surface area contributed by atoms with Crippen molar-refractivity contribution < 1.29 is 4.79 Å². The quantitative estimate of drug-likeness (QED) is 0.876. The van der Waals surface area contributed by atoms with Gasteiger partial charge in [0.2, 0.25) is 5.91 Å². The van der Waals surface area contributed by atoms with Crippen molar-refractivity contribution in [3.8, 4) is 0 Å². The molecule has 0 aliphatic heterocycles. The number of nitrogens with two attached hydrogens (primary N) is 1. The summed E-state index contributed by atoms with van der Waals surface area (Å²) in [5, 5.41) is 3.09. The highest BCUT2D eigenvalue weighted by Gasteiger charge is 2.26. The second-order valence-electron chi connectivity index (χ2n) is 5.94. The molecule has 0 saturated heterocycles. The summed E-state index contributed by atoms with van der Waals surface area (Å²) in [5.74, 6) is 0.490. The second-order valence-corrected chi connectivity index (χ2v) is 5.94. The number of rotatable bonds is 5. The summed E-state index contributed by atoms with van der Waals surface area (Å²) in [6.45, 7) is 4.18. The Morgan fingerprint density at radius 3 is 2.52 bits per heavy atom. The molecule has 0 bridgehead atoms. The first-order chi connectivity index (χ1) is 9.60. The predicted octanol–water partition coefficient (Wildman–Crippen LogP) is 3.37. The largest absolute Gasteiger partial charge is 0.350 e. The van der Waals surface area contributed by atoms with Crippen molar-refractivity contribution in [2.24, 2.45) is 11.7 Å². The Labute approximate surface area is 134 Å². The lowest BCUT2D eigenvalue weighted by molar-refractivity contribution is -0.122. The van der Waals surface area contributed by atoms with E-state index < -0.39 is 0 Å². The van der Waals surface area contributed by atoms with Gasteiger partial charge in [-0.1, -0.05) is 37.6 Å². The van der Waals surface area contributed by atoms with Crippen LogP contribution < -0.4 is 11.1 Å². The maximum atomic E-state index is 12.1. The molecule has 118 valence electrons. The van der Waals surface area contributed by atoms with Crippen molar-refractivity contribution in [1.29, 1.82) is 0 Å². The number of amides is 1. The zero-order valence-electron chi connectivity index (χ0n) is 13.0. The third-order valence-electron chi connectivity index (χ3n) is 4.43. The monoisotopic (exact) mass is 310 g/mol. The molecule has 0 radical (unpaired) electrons. The van der Waals surface area contributed by atoms with Gasteiger partial charge in [0.05, 0.1) is 6.04 Å². The highest BCUT2D eigenvalue weighted by Crippen LogP contribution is 2.27. The Balaban J connectivity index is 0.00000220. The van der Waals surface area contributed by atoms with Crippen LogP contribution in [-0.4, -0.2) is 11.9 Å². The topological polar surface area (TPSA) is 55.1 Å². The van der Waals surface area contributed by atoms with Crippen molar-refractivity contribution in [3.63, 3.8) is 0 Å². The SMILES string of the molecule is CCc1ccc(C(C)NC(=O)C[C@@H]2CCC[C@H]2N)cc1.Cl. The van der Waals surface area contributed by atoms with E-state index in [2.05, 4.69) is 36.5 Å². The van der Waals surface area contributed by atoms with Crippen LogP contribution in [-0.2, 0) is 11.2 Å². The second kappa shape index (κ2) is 8.40. The van der Waals surface area contributed by atoms with Crippen LogP contribution in [0.4, 0.5) is 0 Å². The van der Waals surface area contributed by atoms with E-state index in [0.29, 0.717) is 12.3 Å². The van der Waals surface area contributed by atoms with Crippen LogP contribution in [0.15, 0.2) is 24.3 Å². The minimum atomic E-state index is 0. The minimum absolute atomic E-state index is 0. The minimum Gasteiger partial charge on any atom is -0.350 e. The number of carbonyl (C=O) groups excluding carboxylic acids is 1. The van der Waals surface area contributed by atoms with E-state index in [9.17, 15) is 4.79 Å². The van der Waals surface area contributed by atoms with Crippen LogP contribution >= 0.6 is 12.4 Å². The predicted molar refractivity (Wildman–Crippen MR) is 89.6 cm³/mol. The molecule has 1 saturated carbocycles. The van der Waals surface area contributed by atoms with Crippen molar-refractivity contribution in [2.75, 3.05) is 0 Å². The van der Waals surface area contributed by atoms with Crippen molar-refractivity contribution in [1.82, 2.24) is 5.32 Å². The molecule has 1 amide bonds. The maximum Gasteiger partial charge on any atom is 0.220 e. The first-order valence-electron chi connectivity index (χ1n) is 7.74. The average Bonchev–Trinajstić information content (AvgIpc) is 2.84. The third-order valence-corrected chi connectivity index (χ3v) is 4.43. The number of carbonyl (C=O) groups is 1. The molecule has 1 aliphatic rings. The van der Waals surface area contributed by atoms with E-state index in [-0.39, 0.29) is 30.4 Å². The van der Waals surface area contributed by atoms with Gasteiger partial charge in [-0.05, 0) is 43.2 Å². The van der Waals surface area contributed by atoms with Crippen molar-refractivity contribution in [3.05, 3.63) is 35.4 Å². The zero-order chi connectivity index (χ0) is 14.5. The molecule has 1 unspecified atom stereocenters. The first kappa shape index (κ1) is 18.0. The lowest BCUT2D eigenvalue weighted by atomic mass is 9.99. The molecule has 21 heavy (non-hydrogen) atoms. The van der Waals surface area contributed by atoms with Gasteiger partial charge in [0.15, 0.2) is 0 Å². The number of hydrogen-bond donors (Lipinski definition) is 2. The van der Waals surface area contributed by atoms with Gasteiger partial charge in [-0.15, -0.1) is 12.4 Å². The molecule has 1 aromatic rings. The normalized spacial score (nSPS) is 22.4. The Bertz CT molecular complexity index is 447. The van der Waals surface area contributed by atoms with Gasteiger partial charge in [-0.25, -0.2) is 0 Å². The molecule has 2 rings (SSSR count). The summed E-state index contributed by atoms with van der Waals surface area (Å²) < 4.78 is 0. The van der Waals surface area contributed by atoms with E-state index in [1.165, 1.54) is 5.56 Å². The van der Waals surface area contributed by atoms with Gasteiger partial charge in [0, 0.05) is 12.5 Å². The number of nitrogens with one attached hydrogen (secondary N) is 1. The lowest BCUT2D eigenvalue weighted by Crippen LogP contribution is -2.32. The number of halogens is 1. The average molecular weight is 311 g/mol. The van der Waals surface area contributed by atoms with Gasteiger partial charge in [0.1, 0.15) is 0 Å². The summed E-state index contributed by atoms with van der Waals surface area (Å²) in [5.41, 5.74) is 8.50. The van der Waals surface area contributed by atoms with Crippen LogP contribution in [0.3, 0.4) is 0 Å². The maximum absolute atomic E-state index is 12.1. The zero-order valence-corrected chi connectivity index (χ0v) is 13.8. The number of hydrogen-bond acceptors (Lipinski definition) is 2. The summed E-state index contributed by atoms with van der Waals surface area (Å²) in [4.78, 5) is 12.1. The Hall–Kier alpha value is -1.06. The van der Waals surface area contributed by atoms with Gasteiger partial charge in [-0.3, -0.25) is 4.79 Å². The van der Waals surface area contributed by atoms with E-state index in [0.717, 1.165) is 31.2 Å². The van der Waals surface area contributed by atoms with Gasteiger partial charge in [0.25, 0.3) is 0 Å². The summed E-state index contributed by atoms with van der Waals surface area (Å²) >= 11 is 0. The highest BCUT2D eigenvalue weighted by molar-refractivity contribution is 5.85. The summed E-state index contributed by atoms with van der Waals surface area (Å²) in [6, 6.07) is 8.73. The van der Waals surface area contributed by atoms with Crippen molar-refractivity contribution >= 4 is 18.3 Å². The van der Waals surface area contributed by atoms with Crippen molar-refractivity contribution in [2.45, 2.75) is 58.0 Å². The molecule has 3 atom stereocenters. The Kier molecular flexibility index (Phi) is 7.20. The van der Waals surface area contributed by atoms with Gasteiger partial charge < -0.3 is 11.1 Å². The van der Waals surface area contributed by atoms with Crippen LogP contribution in [0.1, 0.15) is 56.7 Å². The van der Waals surface area contributed by atoms with E-state index in [1.54, 1.807) is 0 Å². The molecule has 1 aliphatic carbocycles. The van der Waals surface area contributed by atoms with Gasteiger partial charge >= 0.3 is 0 Å². The van der Waals surface area contributed by atoms with Crippen LogP contribution in [0.2, 0.25) is 0 Å². The van der Waals surface area contributed by atoms with Crippen LogP contribution in [0.25, 0.3) is 0 Å². The smallest absolute Gasteiger partial charge is 0.220 e. The Morgan fingerprint density at radius 1 is 1.33 bits per heavy atom. The molecule has 1 aromatic carbocycles. The highest BCUT2D eigenvalue weighted by atomic mass is 35.5.